The molecular weight excluding hydrogens is 348 g/mol. The third-order valence-corrected chi connectivity index (χ3v) is 4.95. The topological polar surface area (TPSA) is 74.2 Å². The number of nitrogens with zero attached hydrogens (tertiary/aromatic N) is 5. The first-order valence-corrected chi connectivity index (χ1v) is 9.26. The summed E-state index contributed by atoms with van der Waals surface area (Å²) in [6.07, 6.45) is 3.31. The maximum Gasteiger partial charge on any atom is 0.273 e. The van der Waals surface area contributed by atoms with Crippen molar-refractivity contribution in [2.75, 3.05) is 36.4 Å². The Balaban J connectivity index is 1.37. The molecule has 1 N–H and O–H groups in total. The molecule has 0 radical (unpaired) electrons. The van der Waals surface area contributed by atoms with E-state index in [9.17, 15) is 4.79 Å². The number of aromatic nitrogens is 3. The SMILES string of the molecule is O=C(c1csc(Nc2ncccn2)n1)N1CCN(c2ccccc2)CC1. The Hall–Kier alpha value is -3.00. The summed E-state index contributed by atoms with van der Waals surface area (Å²) in [7, 11) is 0. The highest BCUT2D eigenvalue weighted by Gasteiger charge is 2.24. The van der Waals surface area contributed by atoms with Crippen LogP contribution in [0.15, 0.2) is 54.2 Å². The molecule has 0 aliphatic carbocycles. The van der Waals surface area contributed by atoms with E-state index in [1.54, 1.807) is 23.8 Å². The van der Waals surface area contributed by atoms with Crippen LogP contribution in [0, 0.1) is 0 Å². The standard InChI is InChI=1S/C18H18N6OS/c25-16(15-13-26-18(21-15)22-17-19-7-4-8-20-17)24-11-9-23(10-12-24)14-5-2-1-3-6-14/h1-8,13H,9-12H2,(H,19,20,21,22). The molecule has 2 aromatic heterocycles. The van der Waals surface area contributed by atoms with E-state index in [0.29, 0.717) is 29.9 Å². The van der Waals surface area contributed by atoms with Gasteiger partial charge in [-0.3, -0.25) is 4.79 Å². The molecule has 1 aliphatic rings. The second-order valence-electron chi connectivity index (χ2n) is 5.85. The van der Waals surface area contributed by atoms with Gasteiger partial charge < -0.3 is 15.1 Å². The molecule has 1 aliphatic heterocycles. The quantitative estimate of drug-likeness (QED) is 0.765. The van der Waals surface area contributed by atoms with Crippen LogP contribution < -0.4 is 10.2 Å². The van der Waals surface area contributed by atoms with Crippen molar-refractivity contribution < 1.29 is 4.79 Å². The molecule has 1 saturated heterocycles. The van der Waals surface area contributed by atoms with Gasteiger partial charge in [-0.15, -0.1) is 11.3 Å². The number of rotatable bonds is 4. The van der Waals surface area contributed by atoms with Gasteiger partial charge in [-0.2, -0.15) is 0 Å². The van der Waals surface area contributed by atoms with E-state index in [-0.39, 0.29) is 5.91 Å². The molecule has 3 aromatic rings. The highest BCUT2D eigenvalue weighted by atomic mass is 32.1. The van der Waals surface area contributed by atoms with Gasteiger partial charge >= 0.3 is 0 Å². The maximum atomic E-state index is 12.7. The molecule has 1 fully saturated rings. The summed E-state index contributed by atoms with van der Waals surface area (Å²) in [5, 5.41) is 5.41. The van der Waals surface area contributed by atoms with Crippen molar-refractivity contribution in [1.29, 1.82) is 0 Å². The molecule has 3 heterocycles. The lowest BCUT2D eigenvalue weighted by atomic mass is 10.2. The summed E-state index contributed by atoms with van der Waals surface area (Å²) in [5.74, 6) is 0.438. The van der Waals surface area contributed by atoms with E-state index in [1.165, 1.54) is 17.0 Å². The Labute approximate surface area is 155 Å². The second-order valence-corrected chi connectivity index (χ2v) is 6.71. The van der Waals surface area contributed by atoms with Gasteiger partial charge in [0.2, 0.25) is 5.95 Å². The highest BCUT2D eigenvalue weighted by molar-refractivity contribution is 7.14. The number of hydrogen-bond donors (Lipinski definition) is 1. The first-order valence-electron chi connectivity index (χ1n) is 8.38. The van der Waals surface area contributed by atoms with Crippen LogP contribution in [0.25, 0.3) is 0 Å². The van der Waals surface area contributed by atoms with E-state index in [4.69, 9.17) is 0 Å². The van der Waals surface area contributed by atoms with Crippen molar-refractivity contribution in [3.8, 4) is 0 Å². The molecule has 0 spiro atoms. The number of benzene rings is 1. The van der Waals surface area contributed by atoms with Gasteiger partial charge in [-0.05, 0) is 18.2 Å². The summed E-state index contributed by atoms with van der Waals surface area (Å²) in [5.41, 5.74) is 1.66. The molecule has 1 amide bonds. The maximum absolute atomic E-state index is 12.7. The Bertz CT molecular complexity index is 862. The van der Waals surface area contributed by atoms with Crippen molar-refractivity contribution in [3.05, 3.63) is 59.9 Å². The lowest BCUT2D eigenvalue weighted by Gasteiger charge is -2.35. The zero-order valence-corrected chi connectivity index (χ0v) is 14.9. The minimum Gasteiger partial charge on any atom is -0.368 e. The molecule has 132 valence electrons. The molecule has 7 nitrogen and oxygen atoms in total. The molecular formula is C18H18N6OS. The smallest absolute Gasteiger partial charge is 0.273 e. The fraction of sp³-hybridized carbons (Fsp3) is 0.222. The van der Waals surface area contributed by atoms with Crippen LogP contribution in [0.2, 0.25) is 0 Å². The second kappa shape index (κ2) is 7.49. The van der Waals surface area contributed by atoms with Crippen LogP contribution in [0.4, 0.5) is 16.8 Å². The molecule has 0 saturated carbocycles. The summed E-state index contributed by atoms with van der Waals surface area (Å²) in [4.78, 5) is 29.4. The van der Waals surface area contributed by atoms with Crippen molar-refractivity contribution in [3.63, 3.8) is 0 Å². The summed E-state index contributed by atoms with van der Waals surface area (Å²) in [6.45, 7) is 3.03. The van der Waals surface area contributed by atoms with Crippen molar-refractivity contribution in [1.82, 2.24) is 19.9 Å². The van der Waals surface area contributed by atoms with Gasteiger partial charge in [0.15, 0.2) is 5.13 Å². The van der Waals surface area contributed by atoms with Gasteiger partial charge in [-0.25, -0.2) is 15.0 Å². The van der Waals surface area contributed by atoms with Gasteiger partial charge in [-0.1, -0.05) is 18.2 Å². The average molecular weight is 366 g/mol. The number of amides is 1. The van der Waals surface area contributed by atoms with Crippen LogP contribution in [0.3, 0.4) is 0 Å². The normalized spacial score (nSPS) is 14.3. The van der Waals surface area contributed by atoms with Crippen molar-refractivity contribution >= 4 is 34.0 Å². The molecule has 8 heteroatoms. The Morgan fingerprint density at radius 1 is 1.00 bits per heavy atom. The van der Waals surface area contributed by atoms with Crippen molar-refractivity contribution in [2.45, 2.75) is 0 Å². The minimum absolute atomic E-state index is 0.0315. The number of carbonyl (C=O) groups is 1. The summed E-state index contributed by atoms with van der Waals surface area (Å²) >= 11 is 1.37. The Morgan fingerprint density at radius 3 is 2.46 bits per heavy atom. The van der Waals surface area contributed by atoms with E-state index >= 15 is 0 Å². The predicted molar refractivity (Wildman–Crippen MR) is 102 cm³/mol. The fourth-order valence-corrected chi connectivity index (χ4v) is 3.54. The Kier molecular flexibility index (Phi) is 4.74. The van der Waals surface area contributed by atoms with E-state index in [0.717, 1.165) is 13.1 Å². The number of nitrogens with one attached hydrogen (secondary N) is 1. The van der Waals surface area contributed by atoms with E-state index < -0.39 is 0 Å². The summed E-state index contributed by atoms with van der Waals surface area (Å²) in [6, 6.07) is 12.0. The number of para-hydroxylation sites is 1. The van der Waals surface area contributed by atoms with Crippen LogP contribution in [0.1, 0.15) is 10.5 Å². The zero-order valence-electron chi connectivity index (χ0n) is 14.1. The van der Waals surface area contributed by atoms with E-state index in [1.807, 2.05) is 23.1 Å². The van der Waals surface area contributed by atoms with Crippen LogP contribution in [-0.4, -0.2) is 51.9 Å². The third kappa shape index (κ3) is 3.65. The number of carbonyl (C=O) groups excluding carboxylic acids is 1. The van der Waals surface area contributed by atoms with Crippen LogP contribution >= 0.6 is 11.3 Å². The largest absolute Gasteiger partial charge is 0.368 e. The predicted octanol–water partition coefficient (Wildman–Crippen LogP) is 2.64. The van der Waals surface area contributed by atoms with Crippen LogP contribution in [-0.2, 0) is 0 Å². The zero-order chi connectivity index (χ0) is 17.8. The number of hydrogen-bond acceptors (Lipinski definition) is 7. The molecule has 26 heavy (non-hydrogen) atoms. The minimum atomic E-state index is -0.0315. The number of piperazine rings is 1. The van der Waals surface area contributed by atoms with Gasteiger partial charge in [0.25, 0.3) is 5.91 Å². The lowest BCUT2D eigenvalue weighted by molar-refractivity contribution is 0.0742. The summed E-state index contributed by atoms with van der Waals surface area (Å²) < 4.78 is 0. The van der Waals surface area contributed by atoms with E-state index in [2.05, 4.69) is 37.3 Å². The lowest BCUT2D eigenvalue weighted by Crippen LogP contribution is -2.48. The first-order chi connectivity index (χ1) is 12.8. The van der Waals surface area contributed by atoms with Gasteiger partial charge in [0.1, 0.15) is 5.69 Å². The monoisotopic (exact) mass is 366 g/mol. The number of thiazole rings is 1. The van der Waals surface area contributed by atoms with Crippen LogP contribution in [0.5, 0.6) is 0 Å². The molecule has 1 aromatic carbocycles. The Morgan fingerprint density at radius 2 is 1.73 bits per heavy atom. The average Bonchev–Trinajstić information content (AvgIpc) is 3.17. The highest BCUT2D eigenvalue weighted by Crippen LogP contribution is 2.21. The molecule has 4 rings (SSSR count). The molecule has 0 atom stereocenters. The number of anilines is 3. The van der Waals surface area contributed by atoms with Gasteiger partial charge in [0, 0.05) is 49.6 Å². The molecule has 0 unspecified atom stereocenters. The third-order valence-electron chi connectivity index (χ3n) is 4.20. The molecule has 0 bridgehead atoms. The van der Waals surface area contributed by atoms with Crippen molar-refractivity contribution in [2.24, 2.45) is 0 Å². The van der Waals surface area contributed by atoms with Gasteiger partial charge in [0.05, 0.1) is 0 Å². The first kappa shape index (κ1) is 16.5. The fourth-order valence-electron chi connectivity index (χ4n) is 2.86.